The van der Waals surface area contributed by atoms with Gasteiger partial charge in [-0.15, -0.1) is 5.10 Å². The fourth-order valence-corrected chi connectivity index (χ4v) is 3.15. The molecule has 0 amide bonds. The van der Waals surface area contributed by atoms with Gasteiger partial charge in [-0.25, -0.2) is 9.48 Å². The van der Waals surface area contributed by atoms with Crippen molar-refractivity contribution in [3.8, 4) is 0 Å². The Morgan fingerprint density at radius 3 is 2.70 bits per heavy atom. The van der Waals surface area contributed by atoms with Crippen molar-refractivity contribution in [2.75, 3.05) is 25.2 Å². The number of para-hydroxylation sites is 1. The maximum Gasteiger partial charge on any atom is 0.337 e. The summed E-state index contributed by atoms with van der Waals surface area (Å²) >= 11 is 0. The fourth-order valence-electron chi connectivity index (χ4n) is 3.15. The Labute approximate surface area is 157 Å². The van der Waals surface area contributed by atoms with Gasteiger partial charge in [-0.2, -0.15) is 0 Å². The topological polar surface area (TPSA) is 69.5 Å². The van der Waals surface area contributed by atoms with Gasteiger partial charge in [0, 0.05) is 12.2 Å². The van der Waals surface area contributed by atoms with Crippen molar-refractivity contribution in [2.24, 2.45) is 0 Å². The molecule has 2 aromatic carbocycles. The van der Waals surface area contributed by atoms with Crippen molar-refractivity contribution in [1.82, 2.24) is 15.0 Å². The molecule has 0 unspecified atom stereocenters. The second-order valence-corrected chi connectivity index (χ2v) is 6.28. The van der Waals surface area contributed by atoms with Crippen molar-refractivity contribution in [3.05, 3.63) is 77.6 Å². The second kappa shape index (κ2) is 7.59. The zero-order chi connectivity index (χ0) is 18.6. The van der Waals surface area contributed by atoms with Crippen LogP contribution in [0.1, 0.15) is 27.8 Å². The van der Waals surface area contributed by atoms with E-state index in [1.54, 1.807) is 16.8 Å². The quantitative estimate of drug-likeness (QED) is 0.648. The molecule has 1 aliphatic heterocycles. The summed E-state index contributed by atoms with van der Waals surface area (Å²) in [4.78, 5) is 13.7. The normalized spacial score (nSPS) is 16.5. The largest absolute Gasteiger partial charge is 0.465 e. The smallest absolute Gasteiger partial charge is 0.337 e. The van der Waals surface area contributed by atoms with Crippen LogP contribution >= 0.6 is 0 Å². The minimum absolute atomic E-state index is 0.233. The van der Waals surface area contributed by atoms with Crippen molar-refractivity contribution in [2.45, 2.75) is 12.8 Å². The summed E-state index contributed by atoms with van der Waals surface area (Å²) in [5, 5.41) is 8.53. The van der Waals surface area contributed by atoms with E-state index in [0.717, 1.165) is 23.5 Å². The number of esters is 1. The molecule has 138 valence electrons. The highest BCUT2D eigenvalue weighted by Crippen LogP contribution is 2.30. The van der Waals surface area contributed by atoms with Gasteiger partial charge in [0.05, 0.1) is 32.0 Å². The number of benzene rings is 2. The Balaban J connectivity index is 1.47. The third-order valence-corrected chi connectivity index (χ3v) is 4.51. The van der Waals surface area contributed by atoms with Crippen LogP contribution in [0.25, 0.3) is 0 Å². The molecule has 0 spiro atoms. The molecule has 2 heterocycles. The highest BCUT2D eigenvalue weighted by atomic mass is 16.5. The van der Waals surface area contributed by atoms with Gasteiger partial charge in [0.1, 0.15) is 5.69 Å². The number of aromatic nitrogens is 3. The van der Waals surface area contributed by atoms with E-state index < -0.39 is 0 Å². The lowest BCUT2D eigenvalue weighted by Crippen LogP contribution is -2.23. The molecule has 7 heteroatoms. The molecule has 0 N–H and O–H groups in total. The molecule has 1 saturated heterocycles. The number of anilines is 1. The van der Waals surface area contributed by atoms with Gasteiger partial charge >= 0.3 is 5.97 Å². The van der Waals surface area contributed by atoms with Crippen molar-refractivity contribution in [1.29, 1.82) is 0 Å². The first-order valence-electron chi connectivity index (χ1n) is 8.75. The fraction of sp³-hybridized carbons (Fsp3) is 0.250. The van der Waals surface area contributed by atoms with E-state index in [0.29, 0.717) is 18.7 Å². The van der Waals surface area contributed by atoms with Crippen molar-refractivity contribution < 1.29 is 14.3 Å². The predicted octanol–water partition coefficient (Wildman–Crippen LogP) is 2.65. The summed E-state index contributed by atoms with van der Waals surface area (Å²) in [6.45, 7) is 2.03. The monoisotopic (exact) mass is 364 g/mol. The van der Waals surface area contributed by atoms with Gasteiger partial charge in [-0.3, -0.25) is 0 Å². The van der Waals surface area contributed by atoms with Crippen LogP contribution in [0.4, 0.5) is 5.69 Å². The third kappa shape index (κ3) is 3.68. The average molecular weight is 364 g/mol. The molecule has 7 nitrogen and oxygen atoms in total. The summed E-state index contributed by atoms with van der Waals surface area (Å²) in [5.41, 5.74) is 3.43. The van der Waals surface area contributed by atoms with Crippen LogP contribution in [0, 0.1) is 0 Å². The van der Waals surface area contributed by atoms with E-state index in [9.17, 15) is 4.79 Å². The van der Waals surface area contributed by atoms with E-state index in [1.807, 2.05) is 36.5 Å². The summed E-state index contributed by atoms with van der Waals surface area (Å²) < 4.78 is 12.4. The van der Waals surface area contributed by atoms with E-state index in [4.69, 9.17) is 9.47 Å². The first kappa shape index (κ1) is 17.2. The molecule has 27 heavy (non-hydrogen) atoms. The third-order valence-electron chi connectivity index (χ3n) is 4.51. The lowest BCUT2D eigenvalue weighted by molar-refractivity contribution is 0.0600. The highest BCUT2D eigenvalue weighted by Gasteiger charge is 2.29. The van der Waals surface area contributed by atoms with Crippen molar-refractivity contribution >= 4 is 11.7 Å². The van der Waals surface area contributed by atoms with Gasteiger partial charge in [0.2, 0.25) is 0 Å². The van der Waals surface area contributed by atoms with E-state index >= 15 is 0 Å². The van der Waals surface area contributed by atoms with Crippen LogP contribution in [0.5, 0.6) is 0 Å². The second-order valence-electron chi connectivity index (χ2n) is 6.28. The Kier molecular flexibility index (Phi) is 4.84. The van der Waals surface area contributed by atoms with Crippen LogP contribution in [0.2, 0.25) is 0 Å². The number of nitrogens with zero attached hydrogens (tertiary/aromatic N) is 4. The number of hydrogen-bond acceptors (Lipinski definition) is 6. The Bertz CT molecular complexity index is 908. The molecule has 3 aromatic rings. The Morgan fingerprint density at radius 2 is 1.96 bits per heavy atom. The highest BCUT2D eigenvalue weighted by molar-refractivity contribution is 5.89. The maximum atomic E-state index is 11.5. The molecule has 0 radical (unpaired) electrons. The molecule has 4 rings (SSSR count). The summed E-state index contributed by atoms with van der Waals surface area (Å²) in [5.74, 6) is -0.344. The van der Waals surface area contributed by atoms with Gasteiger partial charge in [0.25, 0.3) is 0 Å². The van der Waals surface area contributed by atoms with E-state index in [1.165, 1.54) is 7.11 Å². The standard InChI is InChI=1S/C20H20N4O3/c1-26-20(25)16-9-7-15(8-10-16)13-23-14-18(21-22-23)19-24(11-12-27-19)17-5-3-2-4-6-17/h2-10,14,19H,11-13H2,1H3/t19-/m0/s1. The minimum atomic E-state index is -0.344. The molecule has 1 aromatic heterocycles. The number of ether oxygens (including phenoxy) is 2. The summed E-state index contributed by atoms with van der Waals surface area (Å²) in [6.07, 6.45) is 1.67. The van der Waals surface area contributed by atoms with Crippen LogP contribution < -0.4 is 4.90 Å². The van der Waals surface area contributed by atoms with E-state index in [-0.39, 0.29) is 12.2 Å². The lowest BCUT2D eigenvalue weighted by Gasteiger charge is -2.23. The molecule has 0 aliphatic carbocycles. The maximum absolute atomic E-state index is 11.5. The van der Waals surface area contributed by atoms with Crippen molar-refractivity contribution in [3.63, 3.8) is 0 Å². The summed E-state index contributed by atoms with van der Waals surface area (Å²) in [6, 6.07) is 17.4. The molecular weight excluding hydrogens is 344 g/mol. The molecular formula is C20H20N4O3. The summed E-state index contributed by atoms with van der Waals surface area (Å²) in [7, 11) is 1.37. The molecule has 0 saturated carbocycles. The zero-order valence-electron chi connectivity index (χ0n) is 15.0. The molecule has 0 bridgehead atoms. The van der Waals surface area contributed by atoms with E-state index in [2.05, 4.69) is 27.3 Å². The number of methoxy groups -OCH3 is 1. The Morgan fingerprint density at radius 1 is 1.19 bits per heavy atom. The number of carbonyl (C=O) groups excluding carboxylic acids is 1. The lowest BCUT2D eigenvalue weighted by atomic mass is 10.1. The van der Waals surface area contributed by atoms with Gasteiger partial charge in [-0.05, 0) is 29.8 Å². The number of carbonyl (C=O) groups is 1. The average Bonchev–Trinajstić information content (AvgIpc) is 3.38. The first-order chi connectivity index (χ1) is 13.2. The molecule has 1 atom stereocenters. The predicted molar refractivity (Wildman–Crippen MR) is 99.4 cm³/mol. The van der Waals surface area contributed by atoms with Crippen LogP contribution in [-0.4, -0.2) is 41.2 Å². The number of rotatable bonds is 5. The number of hydrogen-bond donors (Lipinski definition) is 0. The molecule has 1 fully saturated rings. The first-order valence-corrected chi connectivity index (χ1v) is 8.75. The molecule has 1 aliphatic rings. The van der Waals surface area contributed by atoms with Gasteiger partial charge in [-0.1, -0.05) is 35.5 Å². The van der Waals surface area contributed by atoms with Crippen LogP contribution in [-0.2, 0) is 16.0 Å². The van der Waals surface area contributed by atoms with Crippen LogP contribution in [0.15, 0.2) is 60.8 Å². The van der Waals surface area contributed by atoms with Crippen LogP contribution in [0.3, 0.4) is 0 Å². The Hall–Kier alpha value is -3.19. The van der Waals surface area contributed by atoms with Gasteiger partial charge in [0.15, 0.2) is 6.23 Å². The SMILES string of the molecule is COC(=O)c1ccc(Cn2cc([C@@H]3OCCN3c3ccccc3)nn2)cc1. The zero-order valence-corrected chi connectivity index (χ0v) is 15.0. The minimum Gasteiger partial charge on any atom is -0.465 e. The van der Waals surface area contributed by atoms with Gasteiger partial charge < -0.3 is 14.4 Å².